The molecule has 10 aromatic carbocycles. The van der Waals surface area contributed by atoms with Gasteiger partial charge < -0.3 is 0 Å². The van der Waals surface area contributed by atoms with Gasteiger partial charge in [-0.25, -0.2) is 4.99 Å². The van der Waals surface area contributed by atoms with Crippen LogP contribution in [0, 0.1) is 6.92 Å². The van der Waals surface area contributed by atoms with E-state index >= 15 is 0 Å². The standard InChI is InChI=1S/C71H59N3/c1-6-72-70-27-16-13-20-60(70)33-30-52-28-31-58(32-29-52)64-44-53(48-73-71(61-21-11-8-12-22-61)74-51(5)54-18-9-7-10-19-54)45-65(47-64)59-40-36-56(37-41-59)55-34-38-57(39-35-55)62-23-17-24-63(46-62)69-43-50(4)68(42-49(2)3)66-25-14-15-26-67(66)69/h6-47H,48H2,1-5H3/b33-30+,72-6?,73-71?,74-51?. The Morgan fingerprint density at radius 2 is 0.973 bits per heavy atom. The maximum absolute atomic E-state index is 5.22. The van der Waals surface area contributed by atoms with Gasteiger partial charge in [-0.15, -0.1) is 0 Å². The van der Waals surface area contributed by atoms with Crippen molar-refractivity contribution in [3.8, 4) is 55.6 Å². The van der Waals surface area contributed by atoms with Gasteiger partial charge in [-0.05, 0) is 159 Å². The van der Waals surface area contributed by atoms with Gasteiger partial charge in [0.05, 0.1) is 12.2 Å². The summed E-state index contributed by atoms with van der Waals surface area (Å²) in [5, 5.41) is 2.56. The number of allylic oxidation sites excluding steroid dienone is 1. The molecule has 0 spiro atoms. The lowest BCUT2D eigenvalue weighted by Crippen LogP contribution is -2.04. The van der Waals surface area contributed by atoms with E-state index in [1.807, 2.05) is 67.7 Å². The molecule has 0 aliphatic carbocycles. The quantitative estimate of drug-likeness (QED) is 0.0627. The molecule has 0 aliphatic heterocycles. The van der Waals surface area contributed by atoms with Crippen molar-refractivity contribution < 1.29 is 0 Å². The van der Waals surface area contributed by atoms with E-state index in [0.29, 0.717) is 12.4 Å². The molecule has 3 nitrogen and oxygen atoms in total. The molecule has 10 aromatic rings. The SMILES string of the molecule is CC=Nc1ccccc1/C=C/c1ccc(-c2cc(CN=C(N=C(C)c3ccccc3)c3ccccc3)cc(-c3ccc(-c4ccc(-c5cccc(-c6cc(C)c(C=C(C)C)c7ccccc67)c5)cc4)cc3)c2)cc1. The van der Waals surface area contributed by atoms with Crippen molar-refractivity contribution in [1.82, 2.24) is 0 Å². The summed E-state index contributed by atoms with van der Waals surface area (Å²) in [6, 6.07) is 82.4. The smallest absolute Gasteiger partial charge is 0.155 e. The van der Waals surface area contributed by atoms with Crippen LogP contribution in [0.3, 0.4) is 0 Å². The maximum atomic E-state index is 5.22. The highest BCUT2D eigenvalue weighted by atomic mass is 14.9. The van der Waals surface area contributed by atoms with Crippen molar-refractivity contribution in [2.45, 2.75) is 41.2 Å². The van der Waals surface area contributed by atoms with Gasteiger partial charge in [0, 0.05) is 23.1 Å². The van der Waals surface area contributed by atoms with Crippen LogP contribution in [0.1, 0.15) is 66.6 Å². The van der Waals surface area contributed by atoms with Gasteiger partial charge in [-0.2, -0.15) is 0 Å². The zero-order chi connectivity index (χ0) is 50.8. The molecule has 0 unspecified atom stereocenters. The third-order valence-electron chi connectivity index (χ3n) is 13.5. The normalized spacial score (nSPS) is 12.0. The van der Waals surface area contributed by atoms with Crippen molar-refractivity contribution in [2.24, 2.45) is 15.0 Å². The molecule has 0 saturated carbocycles. The first-order valence-corrected chi connectivity index (χ1v) is 25.5. The number of aryl methyl sites for hydroxylation is 1. The Labute approximate surface area is 437 Å². The average molecular weight is 954 g/mol. The summed E-state index contributed by atoms with van der Waals surface area (Å²) in [5.74, 6) is 0.707. The van der Waals surface area contributed by atoms with E-state index in [1.54, 1.807) is 0 Å². The van der Waals surface area contributed by atoms with Crippen LogP contribution < -0.4 is 0 Å². The average Bonchev–Trinajstić information content (AvgIpc) is 3.45. The minimum absolute atomic E-state index is 0.462. The number of nitrogens with zero attached hydrogens (tertiary/aromatic N) is 3. The van der Waals surface area contributed by atoms with Gasteiger partial charge >= 0.3 is 0 Å². The van der Waals surface area contributed by atoms with Crippen LogP contribution in [0.15, 0.2) is 251 Å². The van der Waals surface area contributed by atoms with E-state index in [-0.39, 0.29) is 0 Å². The molecule has 74 heavy (non-hydrogen) atoms. The molecule has 0 bridgehead atoms. The Morgan fingerprint density at radius 1 is 0.446 bits per heavy atom. The summed E-state index contributed by atoms with van der Waals surface area (Å²) in [7, 11) is 0. The largest absolute Gasteiger partial charge is 0.261 e. The molecule has 0 radical (unpaired) electrons. The van der Waals surface area contributed by atoms with Crippen molar-refractivity contribution in [3.05, 3.63) is 275 Å². The zero-order valence-electron chi connectivity index (χ0n) is 42.8. The Kier molecular flexibility index (Phi) is 14.8. The van der Waals surface area contributed by atoms with Gasteiger partial charge in [-0.3, -0.25) is 9.98 Å². The molecular formula is C71H59N3. The number of aliphatic imine (C=N–C) groups is 3. The number of rotatable bonds is 13. The molecule has 358 valence electrons. The van der Waals surface area contributed by atoms with Crippen LogP contribution in [-0.2, 0) is 6.54 Å². The molecule has 0 amide bonds. The maximum Gasteiger partial charge on any atom is 0.155 e. The fraction of sp³-hybridized carbons (Fsp3) is 0.0845. The zero-order valence-corrected chi connectivity index (χ0v) is 42.8. The summed E-state index contributed by atoms with van der Waals surface area (Å²) >= 11 is 0. The van der Waals surface area contributed by atoms with Gasteiger partial charge in [0.25, 0.3) is 0 Å². The number of benzene rings is 10. The predicted octanol–water partition coefficient (Wildman–Crippen LogP) is 19.3. The highest BCUT2D eigenvalue weighted by Gasteiger charge is 2.13. The molecule has 0 aromatic heterocycles. The minimum Gasteiger partial charge on any atom is -0.261 e. The Balaban J connectivity index is 0.951. The highest BCUT2D eigenvalue weighted by Crippen LogP contribution is 2.37. The van der Waals surface area contributed by atoms with Gasteiger partial charge in [0.1, 0.15) is 0 Å². The number of hydrogen-bond acceptors (Lipinski definition) is 2. The van der Waals surface area contributed by atoms with Gasteiger partial charge in [0.15, 0.2) is 5.84 Å². The summed E-state index contributed by atoms with van der Waals surface area (Å²) in [6.45, 7) is 11.0. The number of fused-ring (bicyclic) bond motifs is 1. The second-order valence-corrected chi connectivity index (χ2v) is 19.0. The van der Waals surface area contributed by atoms with Gasteiger partial charge in [0.2, 0.25) is 0 Å². The van der Waals surface area contributed by atoms with E-state index in [1.165, 1.54) is 60.9 Å². The summed E-state index contributed by atoms with van der Waals surface area (Å²) in [5.41, 5.74) is 22.8. The molecular weight excluding hydrogens is 895 g/mol. The number of hydrogen-bond donors (Lipinski definition) is 0. The van der Waals surface area contributed by atoms with Crippen LogP contribution in [0.5, 0.6) is 0 Å². The monoisotopic (exact) mass is 953 g/mol. The van der Waals surface area contributed by atoms with Crippen molar-refractivity contribution >= 4 is 52.4 Å². The molecule has 0 atom stereocenters. The lowest BCUT2D eigenvalue weighted by Gasteiger charge is -2.14. The molecule has 10 rings (SSSR count). The van der Waals surface area contributed by atoms with Crippen LogP contribution >= 0.6 is 0 Å². The Morgan fingerprint density at radius 3 is 1.61 bits per heavy atom. The second kappa shape index (κ2) is 22.6. The van der Waals surface area contributed by atoms with Gasteiger partial charge in [-0.1, -0.05) is 224 Å². The molecule has 0 N–H and O–H groups in total. The van der Waals surface area contributed by atoms with Crippen molar-refractivity contribution in [3.63, 3.8) is 0 Å². The lowest BCUT2D eigenvalue weighted by molar-refractivity contribution is 1.06. The Hall–Kier alpha value is -9.05. The first-order valence-electron chi connectivity index (χ1n) is 25.5. The number of para-hydroxylation sites is 1. The van der Waals surface area contributed by atoms with Crippen molar-refractivity contribution in [2.75, 3.05) is 0 Å². The minimum atomic E-state index is 0.462. The van der Waals surface area contributed by atoms with Crippen LogP contribution in [0.2, 0.25) is 0 Å². The van der Waals surface area contributed by atoms with Crippen LogP contribution in [0.4, 0.5) is 5.69 Å². The highest BCUT2D eigenvalue weighted by molar-refractivity contribution is 6.11. The van der Waals surface area contributed by atoms with E-state index in [4.69, 9.17) is 9.98 Å². The number of amidine groups is 1. The predicted molar refractivity (Wildman–Crippen MR) is 320 cm³/mol. The summed E-state index contributed by atoms with van der Waals surface area (Å²) in [6.07, 6.45) is 8.41. The van der Waals surface area contributed by atoms with Crippen molar-refractivity contribution in [1.29, 1.82) is 0 Å². The second-order valence-electron chi connectivity index (χ2n) is 19.0. The third kappa shape index (κ3) is 11.3. The fourth-order valence-corrected chi connectivity index (χ4v) is 9.65. The molecule has 3 heteroatoms. The van der Waals surface area contributed by atoms with Crippen LogP contribution in [0.25, 0.3) is 84.6 Å². The molecule has 0 saturated heterocycles. The van der Waals surface area contributed by atoms with Crippen LogP contribution in [-0.4, -0.2) is 17.8 Å². The first kappa shape index (κ1) is 48.6. The third-order valence-corrected chi connectivity index (χ3v) is 13.5. The van der Waals surface area contributed by atoms with E-state index in [9.17, 15) is 0 Å². The topological polar surface area (TPSA) is 37.1 Å². The van der Waals surface area contributed by atoms with E-state index in [0.717, 1.165) is 61.5 Å². The molecule has 0 heterocycles. The summed E-state index contributed by atoms with van der Waals surface area (Å²) in [4.78, 5) is 14.9. The molecule has 0 fully saturated rings. The first-order chi connectivity index (χ1) is 36.3. The molecule has 0 aliphatic rings. The summed E-state index contributed by atoms with van der Waals surface area (Å²) < 4.78 is 0. The van der Waals surface area contributed by atoms with E-state index < -0.39 is 0 Å². The van der Waals surface area contributed by atoms with E-state index in [2.05, 4.69) is 227 Å². The lowest BCUT2D eigenvalue weighted by atomic mass is 9.90. The fourth-order valence-electron chi connectivity index (χ4n) is 9.65. The Bertz CT molecular complexity index is 3740.